The van der Waals surface area contributed by atoms with Gasteiger partial charge in [0.2, 0.25) is 0 Å². The van der Waals surface area contributed by atoms with Crippen molar-refractivity contribution in [1.82, 2.24) is 15.2 Å². The normalized spacial score (nSPS) is 17.4. The van der Waals surface area contributed by atoms with Crippen molar-refractivity contribution in [2.45, 2.75) is 13.0 Å². The maximum absolute atomic E-state index is 4.95. The number of piperazine rings is 1. The molecule has 0 amide bonds. The van der Waals surface area contributed by atoms with E-state index in [0.29, 0.717) is 0 Å². The average molecular weight is 323 g/mol. The summed E-state index contributed by atoms with van der Waals surface area (Å²) in [4.78, 5) is 7.51. The van der Waals surface area contributed by atoms with Gasteiger partial charge in [0, 0.05) is 26.2 Å². The number of hydrogen-bond acceptors (Lipinski definition) is 4. The number of aromatic nitrogens is 1. The molecule has 3 aromatic rings. The number of benzene rings is 2. The Balaban J connectivity index is 1.80. The van der Waals surface area contributed by atoms with E-state index in [-0.39, 0.29) is 6.04 Å². The molecule has 0 radical (unpaired) electrons. The van der Waals surface area contributed by atoms with Crippen LogP contribution in [0, 0.1) is 6.92 Å². The van der Waals surface area contributed by atoms with Crippen LogP contribution in [0.4, 0.5) is 0 Å². The number of nitrogens with one attached hydrogen (secondary N) is 1. The third-order valence-corrected chi connectivity index (χ3v) is 5.51. The molecule has 1 aliphatic heterocycles. The third kappa shape index (κ3) is 3.02. The molecule has 4 heteroatoms. The minimum Gasteiger partial charge on any atom is -0.314 e. The van der Waals surface area contributed by atoms with Gasteiger partial charge in [0.15, 0.2) is 0 Å². The van der Waals surface area contributed by atoms with Crippen LogP contribution in [0.2, 0.25) is 0 Å². The number of rotatable bonds is 3. The Labute approximate surface area is 141 Å². The second-order valence-electron chi connectivity index (χ2n) is 6.12. The van der Waals surface area contributed by atoms with Crippen LogP contribution in [0.3, 0.4) is 0 Å². The molecule has 0 spiro atoms. The minimum absolute atomic E-state index is 0.259. The summed E-state index contributed by atoms with van der Waals surface area (Å²) in [6.07, 6.45) is 0. The van der Waals surface area contributed by atoms with Crippen molar-refractivity contribution >= 4 is 21.6 Å². The summed E-state index contributed by atoms with van der Waals surface area (Å²) in [5.74, 6) is 0. The fourth-order valence-electron chi connectivity index (χ4n) is 3.30. The molecule has 1 aliphatic rings. The van der Waals surface area contributed by atoms with Crippen LogP contribution in [0.25, 0.3) is 10.2 Å². The van der Waals surface area contributed by atoms with Gasteiger partial charge in [0.25, 0.3) is 0 Å². The number of thiazole rings is 1. The highest BCUT2D eigenvalue weighted by atomic mass is 32.1. The SMILES string of the molecule is Cc1cccc(C(c2nc3ccccc3s2)N2CCNCC2)c1. The van der Waals surface area contributed by atoms with E-state index in [9.17, 15) is 0 Å². The molecule has 4 rings (SSSR count). The molecule has 1 atom stereocenters. The van der Waals surface area contributed by atoms with Crippen LogP contribution in [-0.4, -0.2) is 36.1 Å². The van der Waals surface area contributed by atoms with Crippen LogP contribution >= 0.6 is 11.3 Å². The topological polar surface area (TPSA) is 28.2 Å². The van der Waals surface area contributed by atoms with Crippen molar-refractivity contribution in [1.29, 1.82) is 0 Å². The first kappa shape index (κ1) is 14.8. The summed E-state index contributed by atoms with van der Waals surface area (Å²) < 4.78 is 1.27. The van der Waals surface area contributed by atoms with Crippen molar-refractivity contribution in [2.75, 3.05) is 26.2 Å². The Bertz CT molecular complexity index is 772. The van der Waals surface area contributed by atoms with Crippen molar-refractivity contribution in [2.24, 2.45) is 0 Å². The predicted octanol–water partition coefficient (Wildman–Crippen LogP) is 3.60. The van der Waals surface area contributed by atoms with Crippen molar-refractivity contribution < 1.29 is 0 Å². The second-order valence-corrected chi connectivity index (χ2v) is 7.18. The molecule has 1 unspecified atom stereocenters. The molecule has 23 heavy (non-hydrogen) atoms. The van der Waals surface area contributed by atoms with Gasteiger partial charge in [-0.15, -0.1) is 11.3 Å². The Morgan fingerprint density at radius 3 is 2.70 bits per heavy atom. The van der Waals surface area contributed by atoms with Gasteiger partial charge in [-0.3, -0.25) is 4.90 Å². The zero-order valence-electron chi connectivity index (χ0n) is 13.3. The van der Waals surface area contributed by atoms with Crippen LogP contribution in [0.1, 0.15) is 22.2 Å². The lowest BCUT2D eigenvalue weighted by atomic mass is 10.0. The van der Waals surface area contributed by atoms with E-state index in [1.54, 1.807) is 0 Å². The van der Waals surface area contributed by atoms with Gasteiger partial charge in [0.1, 0.15) is 5.01 Å². The summed E-state index contributed by atoms with van der Waals surface area (Å²) in [5, 5.41) is 4.66. The first-order valence-corrected chi connectivity index (χ1v) is 9.00. The maximum atomic E-state index is 4.95. The highest BCUT2D eigenvalue weighted by Gasteiger charge is 2.26. The van der Waals surface area contributed by atoms with E-state index in [4.69, 9.17) is 4.98 Å². The van der Waals surface area contributed by atoms with E-state index in [2.05, 4.69) is 65.7 Å². The summed E-state index contributed by atoms with van der Waals surface area (Å²) in [6, 6.07) is 17.6. The van der Waals surface area contributed by atoms with Crippen LogP contribution in [0.15, 0.2) is 48.5 Å². The molecule has 0 bridgehead atoms. The van der Waals surface area contributed by atoms with Crippen molar-refractivity contribution in [3.8, 4) is 0 Å². The predicted molar refractivity (Wildman–Crippen MR) is 97.1 cm³/mol. The third-order valence-electron chi connectivity index (χ3n) is 4.42. The standard InChI is InChI=1S/C19H21N3S/c1-14-5-4-6-15(13-14)18(22-11-9-20-10-12-22)19-21-16-7-2-3-8-17(16)23-19/h2-8,13,18,20H,9-12H2,1H3. The van der Waals surface area contributed by atoms with Gasteiger partial charge >= 0.3 is 0 Å². The number of hydrogen-bond donors (Lipinski definition) is 1. The van der Waals surface area contributed by atoms with E-state index in [1.165, 1.54) is 20.8 Å². The Hall–Kier alpha value is -1.75. The Kier molecular flexibility index (Phi) is 4.12. The summed E-state index contributed by atoms with van der Waals surface area (Å²) in [7, 11) is 0. The van der Waals surface area contributed by atoms with Gasteiger partial charge in [0.05, 0.1) is 16.3 Å². The number of fused-ring (bicyclic) bond motifs is 1. The molecule has 1 N–H and O–H groups in total. The van der Waals surface area contributed by atoms with Crippen LogP contribution < -0.4 is 5.32 Å². The highest BCUT2D eigenvalue weighted by molar-refractivity contribution is 7.18. The largest absolute Gasteiger partial charge is 0.314 e. The molecule has 1 fully saturated rings. The summed E-state index contributed by atoms with van der Waals surface area (Å²) in [5.41, 5.74) is 3.77. The summed E-state index contributed by atoms with van der Waals surface area (Å²) in [6.45, 7) is 6.39. The zero-order valence-corrected chi connectivity index (χ0v) is 14.1. The second kappa shape index (κ2) is 6.40. The molecule has 0 saturated carbocycles. The van der Waals surface area contributed by atoms with Crippen LogP contribution in [0.5, 0.6) is 0 Å². The molecular weight excluding hydrogens is 302 g/mol. The lowest BCUT2D eigenvalue weighted by Crippen LogP contribution is -2.45. The number of aryl methyl sites for hydroxylation is 1. The lowest BCUT2D eigenvalue weighted by molar-refractivity contribution is 0.198. The highest BCUT2D eigenvalue weighted by Crippen LogP contribution is 2.34. The molecule has 2 heterocycles. The number of para-hydroxylation sites is 1. The van der Waals surface area contributed by atoms with Crippen molar-refractivity contribution in [3.63, 3.8) is 0 Å². The Morgan fingerprint density at radius 2 is 1.91 bits per heavy atom. The lowest BCUT2D eigenvalue weighted by Gasteiger charge is -2.34. The molecule has 2 aromatic carbocycles. The monoisotopic (exact) mass is 323 g/mol. The van der Waals surface area contributed by atoms with Crippen LogP contribution in [-0.2, 0) is 0 Å². The van der Waals surface area contributed by atoms with E-state index < -0.39 is 0 Å². The molecule has 1 saturated heterocycles. The quantitative estimate of drug-likeness (QED) is 0.798. The molecule has 0 aliphatic carbocycles. The molecule has 118 valence electrons. The summed E-state index contributed by atoms with van der Waals surface area (Å²) >= 11 is 1.83. The van der Waals surface area contributed by atoms with Gasteiger partial charge in [-0.2, -0.15) is 0 Å². The van der Waals surface area contributed by atoms with Gasteiger partial charge in [-0.1, -0.05) is 42.0 Å². The first-order valence-electron chi connectivity index (χ1n) is 8.18. The van der Waals surface area contributed by atoms with Crippen molar-refractivity contribution in [3.05, 3.63) is 64.7 Å². The fraction of sp³-hybridized carbons (Fsp3) is 0.316. The smallest absolute Gasteiger partial charge is 0.116 e. The first-order chi connectivity index (χ1) is 11.3. The maximum Gasteiger partial charge on any atom is 0.116 e. The molecule has 3 nitrogen and oxygen atoms in total. The molecule has 1 aromatic heterocycles. The van der Waals surface area contributed by atoms with E-state index >= 15 is 0 Å². The fourth-order valence-corrected chi connectivity index (χ4v) is 4.43. The Morgan fingerprint density at radius 1 is 1.09 bits per heavy atom. The van der Waals surface area contributed by atoms with Gasteiger partial charge in [-0.05, 0) is 24.6 Å². The zero-order chi connectivity index (χ0) is 15.6. The van der Waals surface area contributed by atoms with Gasteiger partial charge in [-0.25, -0.2) is 4.98 Å². The van der Waals surface area contributed by atoms with E-state index in [1.807, 2.05) is 11.3 Å². The number of nitrogens with zero attached hydrogens (tertiary/aromatic N) is 2. The minimum atomic E-state index is 0.259. The molecular formula is C19H21N3S. The van der Waals surface area contributed by atoms with E-state index in [0.717, 1.165) is 31.7 Å². The van der Waals surface area contributed by atoms with Gasteiger partial charge < -0.3 is 5.32 Å². The average Bonchev–Trinajstić information content (AvgIpc) is 2.99.